The first-order valence-electron chi connectivity index (χ1n) is 23.9. The normalized spacial score (nSPS) is 13.0. The Labute approximate surface area is 392 Å². The molecule has 0 aliphatic carbocycles. The van der Waals surface area contributed by atoms with Crippen LogP contribution >= 0.6 is 22.7 Å². The molecule has 0 amide bonds. The Bertz CT molecular complexity index is 4670. The molecular weight excluding hydrogens is 845 g/mol. The van der Waals surface area contributed by atoms with Gasteiger partial charge in [0.2, 0.25) is 0 Å². The average Bonchev–Trinajstić information content (AvgIpc) is 4.17. The number of benzene rings is 9. The predicted octanol–water partition coefficient (Wildman–Crippen LogP) is 15.7. The summed E-state index contributed by atoms with van der Waals surface area (Å²) in [5.41, 5.74) is 7.08. The van der Waals surface area contributed by atoms with Crippen molar-refractivity contribution in [2.45, 2.75) is 0 Å². The maximum atomic E-state index is 11.2. The molecule has 0 radical (unpaired) electrons. The third-order valence-corrected chi connectivity index (χ3v) is 15.0. The van der Waals surface area contributed by atoms with Crippen molar-refractivity contribution >= 4 is 107 Å². The molecule has 0 fully saturated rings. The highest BCUT2D eigenvalue weighted by atomic mass is 32.1. The highest BCUT2D eigenvalue weighted by molar-refractivity contribution is 7.26. The van der Waals surface area contributed by atoms with Crippen LogP contribution in [0.2, 0.25) is 0 Å². The van der Waals surface area contributed by atoms with E-state index < -0.39 is 30.2 Å². The monoisotopic (exact) mass is 881 g/mol. The lowest BCUT2D eigenvalue weighted by molar-refractivity contribution is 1.07. The minimum atomic E-state index is -0.511. The van der Waals surface area contributed by atoms with Gasteiger partial charge < -0.3 is 9.13 Å². The number of fused-ring (bicyclic) bond motifs is 13. The molecule has 14 aromatic rings. The van der Waals surface area contributed by atoms with E-state index in [9.17, 15) is 5.26 Å². The van der Waals surface area contributed by atoms with Crippen LogP contribution in [0, 0.1) is 11.3 Å². The lowest BCUT2D eigenvalue weighted by atomic mass is 10.1. The molecule has 0 atom stereocenters. The molecule has 0 aliphatic rings. The minimum Gasteiger partial charge on any atom is -0.309 e. The largest absolute Gasteiger partial charge is 0.309 e. The lowest BCUT2D eigenvalue weighted by Gasteiger charge is -2.13. The first-order chi connectivity index (χ1) is 34.7. The van der Waals surface area contributed by atoms with Gasteiger partial charge in [-0.2, -0.15) is 5.26 Å². The van der Waals surface area contributed by atoms with Gasteiger partial charge in [-0.3, -0.25) is 0 Å². The number of nitriles is 1. The van der Waals surface area contributed by atoms with Crippen LogP contribution < -0.4 is 0 Å². The van der Waals surface area contributed by atoms with Crippen molar-refractivity contribution in [3.8, 4) is 51.6 Å². The molecule has 9 aromatic carbocycles. The molecule has 14 rings (SSSR count). The summed E-state index contributed by atoms with van der Waals surface area (Å²) in [6.07, 6.45) is 0. The van der Waals surface area contributed by atoms with Gasteiger partial charge in [0.05, 0.1) is 40.2 Å². The number of nitrogens with zero attached hydrogens (tertiary/aromatic N) is 6. The molecule has 0 unspecified atom stereocenters. The van der Waals surface area contributed by atoms with E-state index >= 15 is 0 Å². The molecule has 0 spiro atoms. The second kappa shape index (κ2) is 14.3. The Morgan fingerprint density at radius 2 is 1.00 bits per heavy atom. The van der Waals surface area contributed by atoms with Crippen LogP contribution in [0.25, 0.3) is 129 Å². The number of hydrogen-bond donors (Lipinski definition) is 0. The van der Waals surface area contributed by atoms with Gasteiger partial charge in [-0.05, 0) is 84.9 Å². The maximum absolute atomic E-state index is 11.2. The Morgan fingerprint density at radius 1 is 0.439 bits per heavy atom. The number of rotatable bonds is 5. The van der Waals surface area contributed by atoms with Gasteiger partial charge in [-0.25, -0.2) is 15.0 Å². The predicted molar refractivity (Wildman–Crippen MR) is 275 cm³/mol. The van der Waals surface area contributed by atoms with Crippen LogP contribution in [0.1, 0.15) is 12.4 Å². The highest BCUT2D eigenvalue weighted by Gasteiger charge is 2.23. The van der Waals surface area contributed by atoms with E-state index in [1.54, 1.807) is 28.7 Å². The van der Waals surface area contributed by atoms with Crippen LogP contribution in [0.4, 0.5) is 0 Å². The molecule has 0 N–H and O–H groups in total. The van der Waals surface area contributed by atoms with Gasteiger partial charge in [0.1, 0.15) is 6.07 Å². The molecule has 5 heterocycles. The standard InChI is InChI=1S/C58H32N6S2/c59-33-37-30-35(57-60-56(34-12-2-1-3-13-34)61-58(62-57)36-23-28-52-44(31-36)40-15-6-10-20-50(40)65-52)22-26-46(37)64-47-18-8-4-14-39(47)42-25-27-49-54(55(42)64)43-17-5-9-19-48(43)63(49)38-24-29-53-45(32-38)41-16-7-11-21-51(41)66-53/h1-32H/i1D,2D,3D,12D,13D. The Hall–Kier alpha value is -8.48. The number of aromatic nitrogens is 5. The quantitative estimate of drug-likeness (QED) is 0.173. The van der Waals surface area contributed by atoms with Crippen LogP contribution in [0.15, 0.2) is 194 Å². The van der Waals surface area contributed by atoms with E-state index in [1.807, 2.05) is 54.6 Å². The van der Waals surface area contributed by atoms with Gasteiger partial charge >= 0.3 is 0 Å². The molecular formula is C58H32N6S2. The Balaban J connectivity index is 0.996. The number of thiophene rings is 2. The van der Waals surface area contributed by atoms with E-state index in [0.717, 1.165) is 69.5 Å². The SMILES string of the molecule is [2H]c1c([2H])c([2H])c(-c2nc(-c3ccc(-n4c5ccccc5c5ccc6c(c7ccccc7n6-c6ccc7sc8ccccc8c7c6)c54)c(C#N)c3)nc(-c3ccc4sc5ccccc5c4c3)n2)c([2H])c1[2H]. The van der Waals surface area contributed by atoms with E-state index in [4.69, 9.17) is 21.8 Å². The van der Waals surface area contributed by atoms with Gasteiger partial charge in [0, 0.05) is 84.3 Å². The second-order valence-electron chi connectivity index (χ2n) is 16.3. The van der Waals surface area contributed by atoms with Crippen LogP contribution in [0.3, 0.4) is 0 Å². The molecule has 5 aromatic heterocycles. The van der Waals surface area contributed by atoms with E-state index in [0.29, 0.717) is 22.4 Å². The van der Waals surface area contributed by atoms with Crippen molar-refractivity contribution in [3.05, 3.63) is 200 Å². The van der Waals surface area contributed by atoms with Crippen molar-refractivity contribution in [1.29, 1.82) is 5.26 Å². The summed E-state index contributed by atoms with van der Waals surface area (Å²) in [5, 5.41) is 20.0. The molecule has 0 saturated heterocycles. The second-order valence-corrected chi connectivity index (χ2v) is 18.5. The fraction of sp³-hybridized carbons (Fsp3) is 0. The van der Waals surface area contributed by atoms with Gasteiger partial charge in [-0.1, -0.05) is 109 Å². The van der Waals surface area contributed by atoms with E-state index in [1.165, 1.54) is 20.2 Å². The Morgan fingerprint density at radius 3 is 1.71 bits per heavy atom. The summed E-state index contributed by atoms with van der Waals surface area (Å²) in [5.74, 6) is 0.356. The summed E-state index contributed by atoms with van der Waals surface area (Å²) in [6.45, 7) is 0. The zero-order valence-corrected chi connectivity index (χ0v) is 36.2. The molecule has 0 saturated carbocycles. The van der Waals surface area contributed by atoms with Crippen LogP contribution in [0.5, 0.6) is 0 Å². The summed E-state index contributed by atoms with van der Waals surface area (Å²) in [6, 6.07) is 56.3. The van der Waals surface area contributed by atoms with Gasteiger partial charge in [-0.15, -0.1) is 22.7 Å². The van der Waals surface area contributed by atoms with Gasteiger partial charge in [0.25, 0.3) is 0 Å². The fourth-order valence-electron chi connectivity index (χ4n) is 9.82. The zero-order chi connectivity index (χ0) is 47.8. The summed E-state index contributed by atoms with van der Waals surface area (Å²) >= 11 is 3.48. The number of para-hydroxylation sites is 2. The molecule has 0 aliphatic heterocycles. The topological polar surface area (TPSA) is 72.3 Å². The van der Waals surface area contributed by atoms with Crippen molar-refractivity contribution in [3.63, 3.8) is 0 Å². The zero-order valence-electron chi connectivity index (χ0n) is 39.6. The first kappa shape index (κ1) is 32.2. The van der Waals surface area contributed by atoms with E-state index in [2.05, 4.69) is 118 Å². The third-order valence-electron chi connectivity index (χ3n) is 12.7. The number of hydrogen-bond acceptors (Lipinski definition) is 6. The summed E-state index contributed by atoms with van der Waals surface area (Å²) in [7, 11) is 0. The van der Waals surface area contributed by atoms with Gasteiger partial charge in [0.15, 0.2) is 17.5 Å². The molecule has 306 valence electrons. The molecule has 6 nitrogen and oxygen atoms in total. The molecule has 8 heteroatoms. The lowest BCUT2D eigenvalue weighted by Crippen LogP contribution is -2.02. The highest BCUT2D eigenvalue weighted by Crippen LogP contribution is 2.44. The maximum Gasteiger partial charge on any atom is 0.164 e. The smallest absolute Gasteiger partial charge is 0.164 e. The van der Waals surface area contributed by atoms with Crippen molar-refractivity contribution in [2.24, 2.45) is 0 Å². The Kier molecular flexibility index (Phi) is 6.96. The summed E-state index contributed by atoms with van der Waals surface area (Å²) < 4.78 is 52.3. The van der Waals surface area contributed by atoms with Crippen molar-refractivity contribution in [2.75, 3.05) is 0 Å². The van der Waals surface area contributed by atoms with Crippen LogP contribution in [-0.2, 0) is 0 Å². The minimum absolute atomic E-state index is 0.0765. The van der Waals surface area contributed by atoms with Crippen LogP contribution in [-0.4, -0.2) is 24.1 Å². The van der Waals surface area contributed by atoms with E-state index in [-0.39, 0.29) is 23.0 Å². The summed E-state index contributed by atoms with van der Waals surface area (Å²) in [4.78, 5) is 14.7. The van der Waals surface area contributed by atoms with Crippen molar-refractivity contribution < 1.29 is 6.85 Å². The average molecular weight is 882 g/mol. The fourth-order valence-corrected chi connectivity index (χ4v) is 12.0. The van der Waals surface area contributed by atoms with Crippen molar-refractivity contribution in [1.82, 2.24) is 24.1 Å². The third kappa shape index (κ3) is 5.48. The first-order valence-corrected chi connectivity index (χ1v) is 23.0. The molecule has 0 bridgehead atoms. The molecule has 66 heavy (non-hydrogen) atoms.